The first-order chi connectivity index (χ1) is 13.8. The molecule has 1 aromatic heterocycles. The number of hydrogen-bond acceptors (Lipinski definition) is 5. The molecule has 1 atom stereocenters. The molecule has 3 rings (SSSR count). The second kappa shape index (κ2) is 8.13. The first-order valence-corrected chi connectivity index (χ1v) is 11.5. The maximum atomic E-state index is 12.7. The Hall–Kier alpha value is -1.63. The normalized spacial score (nSPS) is 17.5. The van der Waals surface area contributed by atoms with E-state index in [1.54, 1.807) is 11.1 Å². The number of hydrazine groups is 1. The number of carbonyl (C=O) groups excluding carboxylic acids is 1. The van der Waals surface area contributed by atoms with Gasteiger partial charge in [-0.3, -0.25) is 10.2 Å². The summed E-state index contributed by atoms with van der Waals surface area (Å²) in [6, 6.07) is 5.57. The number of rotatable bonds is 3. The fourth-order valence-electron chi connectivity index (χ4n) is 3.35. The summed E-state index contributed by atoms with van der Waals surface area (Å²) >= 11 is 13.7. The number of aromatic nitrogens is 1. The van der Waals surface area contributed by atoms with Gasteiger partial charge in [0.15, 0.2) is 5.82 Å². The number of amides is 1. The van der Waals surface area contributed by atoms with E-state index in [0.29, 0.717) is 27.4 Å². The van der Waals surface area contributed by atoms with Crippen molar-refractivity contribution < 1.29 is 9.90 Å². The van der Waals surface area contributed by atoms with Crippen LogP contribution in [0.25, 0.3) is 0 Å². The minimum absolute atomic E-state index is 0.0690. The number of carbonyl (C=O) groups is 1. The number of phenols is 1. The molecule has 1 fully saturated rings. The summed E-state index contributed by atoms with van der Waals surface area (Å²) in [5.41, 5.74) is 5.20. The number of halogens is 2. The van der Waals surface area contributed by atoms with Gasteiger partial charge >= 0.3 is 0 Å². The number of anilines is 1. The molecule has 0 saturated carbocycles. The molecule has 2 aromatic rings. The maximum absolute atomic E-state index is 12.7. The first kappa shape index (κ1) is 23.0. The topological polar surface area (TPSA) is 65.5 Å². The Bertz CT molecular complexity index is 948. The number of nitrogens with zero attached hydrogens (tertiary/aromatic N) is 2. The molecule has 0 unspecified atom stereocenters. The van der Waals surface area contributed by atoms with E-state index in [1.807, 2.05) is 12.1 Å². The summed E-state index contributed by atoms with van der Waals surface area (Å²) in [5, 5.41) is 13.0. The molecule has 1 aliphatic heterocycles. The van der Waals surface area contributed by atoms with Crippen molar-refractivity contribution >= 4 is 46.7 Å². The van der Waals surface area contributed by atoms with Crippen LogP contribution in [-0.4, -0.2) is 26.8 Å². The van der Waals surface area contributed by atoms with Crippen LogP contribution in [-0.2, 0) is 15.6 Å². The number of benzene rings is 1. The number of hydrogen-bond donors (Lipinski definition) is 2. The number of pyridine rings is 1. The van der Waals surface area contributed by atoms with Crippen LogP contribution in [0.5, 0.6) is 5.75 Å². The zero-order valence-electron chi connectivity index (χ0n) is 18.0. The van der Waals surface area contributed by atoms with Gasteiger partial charge in [-0.15, -0.1) is 11.8 Å². The molecule has 1 amide bonds. The summed E-state index contributed by atoms with van der Waals surface area (Å²) in [6.07, 6.45) is 1.48. The fraction of sp³-hybridized carbons (Fsp3) is 0.455. The van der Waals surface area contributed by atoms with E-state index in [-0.39, 0.29) is 22.1 Å². The number of nitrogens with one attached hydrogen (secondary N) is 1. The van der Waals surface area contributed by atoms with Crippen LogP contribution >= 0.6 is 35.0 Å². The van der Waals surface area contributed by atoms with Crippen molar-refractivity contribution in [1.82, 2.24) is 9.99 Å². The highest BCUT2D eigenvalue weighted by atomic mass is 35.5. The lowest BCUT2D eigenvalue weighted by molar-refractivity contribution is -0.126. The molecular formula is C22H27Cl2N3O2S. The summed E-state index contributed by atoms with van der Waals surface area (Å²) in [6.45, 7) is 12.4. The highest BCUT2D eigenvalue weighted by Crippen LogP contribution is 2.45. The third-order valence-electron chi connectivity index (χ3n) is 4.94. The zero-order chi connectivity index (χ0) is 22.4. The quantitative estimate of drug-likeness (QED) is 0.554. The molecule has 5 nitrogen and oxygen atoms in total. The molecule has 2 N–H and O–H groups in total. The third-order valence-corrected chi connectivity index (χ3v) is 6.64. The molecule has 30 heavy (non-hydrogen) atoms. The fourth-order valence-corrected chi connectivity index (χ4v) is 4.85. The minimum atomic E-state index is -0.283. The van der Waals surface area contributed by atoms with E-state index in [4.69, 9.17) is 23.2 Å². The highest BCUT2D eigenvalue weighted by Gasteiger charge is 2.36. The van der Waals surface area contributed by atoms with Crippen molar-refractivity contribution in [3.8, 4) is 5.75 Å². The van der Waals surface area contributed by atoms with E-state index in [0.717, 1.165) is 16.7 Å². The van der Waals surface area contributed by atoms with E-state index in [9.17, 15) is 9.90 Å². The van der Waals surface area contributed by atoms with Gasteiger partial charge in [0.2, 0.25) is 0 Å². The molecular weight excluding hydrogens is 441 g/mol. The maximum Gasteiger partial charge on any atom is 0.252 e. The van der Waals surface area contributed by atoms with Gasteiger partial charge in [-0.2, -0.15) is 0 Å². The lowest BCUT2D eigenvalue weighted by atomic mass is 9.78. The van der Waals surface area contributed by atoms with Crippen molar-refractivity contribution in [1.29, 1.82) is 0 Å². The Morgan fingerprint density at radius 3 is 2.17 bits per heavy atom. The molecule has 1 aromatic carbocycles. The Balaban J connectivity index is 2.07. The Morgan fingerprint density at radius 2 is 1.67 bits per heavy atom. The second-order valence-corrected chi connectivity index (χ2v) is 11.4. The highest BCUT2D eigenvalue weighted by molar-refractivity contribution is 8.00. The minimum Gasteiger partial charge on any atom is -0.507 e. The first-order valence-electron chi connectivity index (χ1n) is 9.68. The molecule has 1 saturated heterocycles. The molecule has 162 valence electrons. The van der Waals surface area contributed by atoms with Gasteiger partial charge in [0, 0.05) is 6.20 Å². The average molecular weight is 468 g/mol. The molecule has 0 aliphatic carbocycles. The molecule has 0 bridgehead atoms. The van der Waals surface area contributed by atoms with Crippen molar-refractivity contribution in [2.45, 2.75) is 57.7 Å². The van der Waals surface area contributed by atoms with Crippen LogP contribution in [0.2, 0.25) is 10.0 Å². The molecule has 1 aliphatic rings. The van der Waals surface area contributed by atoms with Gasteiger partial charge in [-0.05, 0) is 45.7 Å². The van der Waals surface area contributed by atoms with Gasteiger partial charge in [0.25, 0.3) is 5.91 Å². The van der Waals surface area contributed by atoms with Crippen molar-refractivity contribution in [2.75, 3.05) is 11.2 Å². The van der Waals surface area contributed by atoms with Gasteiger partial charge in [-0.1, -0.05) is 64.7 Å². The van der Waals surface area contributed by atoms with Crippen LogP contribution in [0.1, 0.15) is 63.6 Å². The second-order valence-electron chi connectivity index (χ2n) is 9.49. The van der Waals surface area contributed by atoms with E-state index in [2.05, 4.69) is 52.0 Å². The standard InChI is InChI=1S/C22H27Cl2N3O2S/c1-21(2,3)14-7-12(8-15(18(14)29)22(4,5)6)20-27(17(28)11-30-20)26-19-16(24)9-13(23)10-25-19/h7-10,20,29H,11H2,1-6H3,(H,25,26)/t20-/m1/s1. The average Bonchev–Trinajstić information content (AvgIpc) is 2.96. The Labute approximate surface area is 192 Å². The smallest absolute Gasteiger partial charge is 0.252 e. The monoisotopic (exact) mass is 467 g/mol. The summed E-state index contributed by atoms with van der Waals surface area (Å²) in [7, 11) is 0. The SMILES string of the molecule is CC(C)(C)c1cc([C@H]2SCC(=O)N2Nc2ncc(Cl)cc2Cl)cc(C(C)(C)C)c1O. The largest absolute Gasteiger partial charge is 0.507 e. The van der Waals surface area contributed by atoms with Crippen LogP contribution < -0.4 is 5.43 Å². The summed E-state index contributed by atoms with van der Waals surface area (Å²) in [5.74, 6) is 0.947. The zero-order valence-corrected chi connectivity index (χ0v) is 20.3. The molecule has 2 heterocycles. The van der Waals surface area contributed by atoms with Crippen LogP contribution in [0.4, 0.5) is 5.82 Å². The number of aromatic hydroxyl groups is 1. The van der Waals surface area contributed by atoms with Gasteiger partial charge < -0.3 is 5.11 Å². The molecule has 8 heteroatoms. The predicted octanol–water partition coefficient (Wildman–Crippen LogP) is 6.29. The summed E-state index contributed by atoms with van der Waals surface area (Å²) < 4.78 is 0. The van der Waals surface area contributed by atoms with Crippen LogP contribution in [0.3, 0.4) is 0 Å². The number of phenolic OH excluding ortho intramolecular Hbond substituents is 1. The Morgan fingerprint density at radius 1 is 1.10 bits per heavy atom. The van der Waals surface area contributed by atoms with E-state index < -0.39 is 0 Å². The molecule has 0 radical (unpaired) electrons. The third kappa shape index (κ3) is 4.66. The van der Waals surface area contributed by atoms with Gasteiger partial charge in [0.05, 0.1) is 15.8 Å². The predicted molar refractivity (Wildman–Crippen MR) is 125 cm³/mol. The summed E-state index contributed by atoms with van der Waals surface area (Å²) in [4.78, 5) is 16.9. The van der Waals surface area contributed by atoms with E-state index >= 15 is 0 Å². The van der Waals surface area contributed by atoms with Gasteiger partial charge in [-0.25, -0.2) is 9.99 Å². The van der Waals surface area contributed by atoms with E-state index in [1.165, 1.54) is 18.0 Å². The van der Waals surface area contributed by atoms with Crippen LogP contribution in [0, 0.1) is 0 Å². The van der Waals surface area contributed by atoms with Crippen LogP contribution in [0.15, 0.2) is 24.4 Å². The van der Waals surface area contributed by atoms with Crippen molar-refractivity contribution in [3.63, 3.8) is 0 Å². The van der Waals surface area contributed by atoms with Crippen molar-refractivity contribution in [2.24, 2.45) is 0 Å². The lowest BCUT2D eigenvalue weighted by Gasteiger charge is -2.31. The lowest BCUT2D eigenvalue weighted by Crippen LogP contribution is -2.34. The van der Waals surface area contributed by atoms with Gasteiger partial charge in [0.1, 0.15) is 11.1 Å². The number of thioether (sulfide) groups is 1. The molecule has 0 spiro atoms. The Kier molecular flexibility index (Phi) is 6.25. The van der Waals surface area contributed by atoms with Crippen molar-refractivity contribution in [3.05, 3.63) is 51.1 Å².